The number of urea groups is 1. The van der Waals surface area contributed by atoms with E-state index < -0.39 is 29.5 Å². The van der Waals surface area contributed by atoms with Crippen molar-refractivity contribution in [3.63, 3.8) is 0 Å². The van der Waals surface area contributed by atoms with Crippen molar-refractivity contribution in [2.75, 3.05) is 0 Å². The number of aliphatic carboxylic acids is 1. The van der Waals surface area contributed by atoms with Crippen LogP contribution in [0.15, 0.2) is 0 Å². The number of nitrogens with one attached hydrogen (secondary N) is 1. The summed E-state index contributed by atoms with van der Waals surface area (Å²) < 4.78 is 0. The number of amides is 3. The number of carboxylic acids is 1. The topological polar surface area (TPSA) is 86.7 Å². The first-order valence-corrected chi connectivity index (χ1v) is 5.82. The normalized spacial score (nSPS) is 20.3. The Morgan fingerprint density at radius 1 is 1.35 bits per heavy atom. The summed E-state index contributed by atoms with van der Waals surface area (Å²) in [6, 6.07) is -1.68. The van der Waals surface area contributed by atoms with Gasteiger partial charge in [-0.05, 0) is 19.3 Å². The molecule has 96 valence electrons. The van der Waals surface area contributed by atoms with E-state index in [4.69, 9.17) is 5.11 Å². The minimum absolute atomic E-state index is 0.206. The molecular formula is C11H18N2O4. The molecule has 0 aliphatic carbocycles. The van der Waals surface area contributed by atoms with E-state index in [2.05, 4.69) is 5.32 Å². The molecule has 0 aromatic carbocycles. The van der Waals surface area contributed by atoms with E-state index in [-0.39, 0.29) is 6.42 Å². The van der Waals surface area contributed by atoms with Crippen molar-refractivity contribution in [3.05, 3.63) is 0 Å². The number of hydrogen-bond donors (Lipinski definition) is 2. The Kier molecular flexibility index (Phi) is 3.75. The highest BCUT2D eigenvalue weighted by Gasteiger charge is 2.52. The molecule has 0 aromatic rings. The molecule has 0 radical (unpaired) electrons. The molecule has 2 N–H and O–H groups in total. The van der Waals surface area contributed by atoms with Gasteiger partial charge in [0.05, 0.1) is 0 Å². The third-order valence-electron chi connectivity index (χ3n) is 3.38. The fourth-order valence-electron chi connectivity index (χ4n) is 2.12. The van der Waals surface area contributed by atoms with Crippen LogP contribution in [-0.2, 0) is 9.59 Å². The van der Waals surface area contributed by atoms with Crippen LogP contribution < -0.4 is 5.32 Å². The van der Waals surface area contributed by atoms with E-state index in [1.54, 1.807) is 20.8 Å². The average molecular weight is 242 g/mol. The molecule has 0 saturated carbocycles. The zero-order chi connectivity index (χ0) is 13.2. The molecular weight excluding hydrogens is 224 g/mol. The van der Waals surface area contributed by atoms with Gasteiger partial charge in [0.15, 0.2) is 0 Å². The van der Waals surface area contributed by atoms with Crippen LogP contribution in [0.5, 0.6) is 0 Å². The first-order chi connectivity index (χ1) is 7.93. The fourth-order valence-corrected chi connectivity index (χ4v) is 2.12. The molecule has 6 heteroatoms. The zero-order valence-electron chi connectivity index (χ0n) is 10.3. The first-order valence-electron chi connectivity index (χ1n) is 5.82. The molecule has 6 nitrogen and oxygen atoms in total. The molecule has 0 spiro atoms. The quantitative estimate of drug-likeness (QED) is 0.703. The second kappa shape index (κ2) is 4.73. The number of imide groups is 1. The Morgan fingerprint density at radius 2 is 1.88 bits per heavy atom. The Labute approximate surface area is 100.0 Å². The Morgan fingerprint density at radius 3 is 2.18 bits per heavy atom. The maximum absolute atomic E-state index is 12.2. The minimum atomic E-state index is -1.15. The zero-order valence-corrected chi connectivity index (χ0v) is 10.3. The predicted octanol–water partition coefficient (Wildman–Crippen LogP) is 0.960. The smallest absolute Gasteiger partial charge is 0.326 e. The number of hydrogen-bond acceptors (Lipinski definition) is 3. The second-order valence-corrected chi connectivity index (χ2v) is 4.16. The van der Waals surface area contributed by atoms with Crippen LogP contribution in [0.3, 0.4) is 0 Å². The molecule has 1 aliphatic rings. The third-order valence-corrected chi connectivity index (χ3v) is 3.38. The van der Waals surface area contributed by atoms with Crippen molar-refractivity contribution in [2.45, 2.75) is 51.6 Å². The fraction of sp³-hybridized carbons (Fsp3) is 0.727. The maximum atomic E-state index is 12.2. The van der Waals surface area contributed by atoms with Crippen molar-refractivity contribution in [2.24, 2.45) is 0 Å². The van der Waals surface area contributed by atoms with Gasteiger partial charge in [0.2, 0.25) is 0 Å². The standard InChI is InChI=1S/C11H18N2O4/c1-4-7(8(14)15)13-9(16)11(5-2,6-3)12-10(13)17/h7H,4-6H2,1-3H3,(H,12,17)(H,14,15). The van der Waals surface area contributed by atoms with E-state index in [0.717, 1.165) is 4.90 Å². The van der Waals surface area contributed by atoms with Gasteiger partial charge in [0.25, 0.3) is 5.91 Å². The van der Waals surface area contributed by atoms with Crippen molar-refractivity contribution in [1.82, 2.24) is 10.2 Å². The lowest BCUT2D eigenvalue weighted by molar-refractivity contribution is -0.148. The van der Waals surface area contributed by atoms with E-state index in [1.807, 2.05) is 0 Å². The van der Waals surface area contributed by atoms with Crippen LogP contribution in [0.25, 0.3) is 0 Å². The predicted molar refractivity (Wildman–Crippen MR) is 60.4 cm³/mol. The third kappa shape index (κ3) is 1.99. The highest BCUT2D eigenvalue weighted by Crippen LogP contribution is 2.27. The summed E-state index contributed by atoms with van der Waals surface area (Å²) in [7, 11) is 0. The van der Waals surface area contributed by atoms with E-state index in [1.165, 1.54) is 0 Å². The number of rotatable bonds is 5. The molecule has 1 atom stereocenters. The van der Waals surface area contributed by atoms with E-state index >= 15 is 0 Å². The Bertz CT molecular complexity index is 349. The van der Waals surface area contributed by atoms with E-state index in [9.17, 15) is 14.4 Å². The van der Waals surface area contributed by atoms with Gasteiger partial charge < -0.3 is 10.4 Å². The number of carbonyl (C=O) groups is 3. The number of carbonyl (C=O) groups excluding carboxylic acids is 2. The number of nitrogens with zero attached hydrogens (tertiary/aromatic N) is 1. The van der Waals surface area contributed by atoms with Gasteiger partial charge in [-0.25, -0.2) is 14.5 Å². The summed E-state index contributed by atoms with van der Waals surface area (Å²) in [5.41, 5.74) is -0.931. The molecule has 0 aromatic heterocycles. The Hall–Kier alpha value is -1.59. The van der Waals surface area contributed by atoms with Crippen LogP contribution in [0.2, 0.25) is 0 Å². The molecule has 1 heterocycles. The first kappa shape index (κ1) is 13.5. The highest BCUT2D eigenvalue weighted by atomic mass is 16.4. The van der Waals surface area contributed by atoms with Crippen LogP contribution in [0.4, 0.5) is 4.79 Å². The summed E-state index contributed by atoms with van der Waals surface area (Å²) in [4.78, 5) is 35.8. The molecule has 1 fully saturated rings. The van der Waals surface area contributed by atoms with Gasteiger partial charge in [0, 0.05) is 0 Å². The summed E-state index contributed by atoms with van der Waals surface area (Å²) >= 11 is 0. The molecule has 17 heavy (non-hydrogen) atoms. The second-order valence-electron chi connectivity index (χ2n) is 4.16. The van der Waals surface area contributed by atoms with Crippen LogP contribution in [0.1, 0.15) is 40.0 Å². The lowest BCUT2D eigenvalue weighted by Gasteiger charge is -2.25. The largest absolute Gasteiger partial charge is 0.480 e. The molecule has 3 amide bonds. The lowest BCUT2D eigenvalue weighted by Crippen LogP contribution is -2.48. The summed E-state index contributed by atoms with van der Waals surface area (Å²) in [6.45, 7) is 5.23. The minimum Gasteiger partial charge on any atom is -0.480 e. The van der Waals surface area contributed by atoms with Gasteiger partial charge >= 0.3 is 12.0 Å². The maximum Gasteiger partial charge on any atom is 0.326 e. The van der Waals surface area contributed by atoms with Crippen molar-refractivity contribution < 1.29 is 19.5 Å². The summed E-state index contributed by atoms with van der Waals surface area (Å²) in [5.74, 6) is -1.58. The highest BCUT2D eigenvalue weighted by molar-refractivity contribution is 6.09. The van der Waals surface area contributed by atoms with Crippen molar-refractivity contribution >= 4 is 17.9 Å². The van der Waals surface area contributed by atoms with Crippen LogP contribution in [0, 0.1) is 0 Å². The lowest BCUT2D eigenvalue weighted by atomic mass is 9.92. The molecule has 1 aliphatic heterocycles. The van der Waals surface area contributed by atoms with Gasteiger partial charge in [-0.2, -0.15) is 0 Å². The molecule has 1 rings (SSSR count). The van der Waals surface area contributed by atoms with Crippen LogP contribution >= 0.6 is 0 Å². The SMILES string of the molecule is CCC(C(=O)O)N1C(=O)NC(CC)(CC)C1=O. The van der Waals surface area contributed by atoms with Gasteiger partial charge in [-0.3, -0.25) is 4.79 Å². The summed E-state index contributed by atoms with van der Waals surface area (Å²) in [5, 5.41) is 11.6. The van der Waals surface area contributed by atoms with E-state index in [0.29, 0.717) is 12.8 Å². The molecule has 0 bridgehead atoms. The average Bonchev–Trinajstić information content (AvgIpc) is 2.54. The molecule has 1 saturated heterocycles. The Balaban J connectivity index is 3.08. The van der Waals surface area contributed by atoms with Gasteiger partial charge in [0.1, 0.15) is 11.6 Å². The van der Waals surface area contributed by atoms with Gasteiger partial charge in [-0.1, -0.05) is 20.8 Å². The molecule has 1 unspecified atom stereocenters. The van der Waals surface area contributed by atoms with Gasteiger partial charge in [-0.15, -0.1) is 0 Å². The van der Waals surface area contributed by atoms with Crippen molar-refractivity contribution in [3.8, 4) is 0 Å². The number of carboxylic acid groups (broad SMARTS) is 1. The summed E-state index contributed by atoms with van der Waals surface area (Å²) in [6.07, 6.45) is 1.12. The van der Waals surface area contributed by atoms with Crippen LogP contribution in [-0.4, -0.2) is 39.5 Å². The monoisotopic (exact) mass is 242 g/mol. The van der Waals surface area contributed by atoms with Crippen molar-refractivity contribution in [1.29, 1.82) is 0 Å².